The van der Waals surface area contributed by atoms with Crippen LogP contribution < -0.4 is 5.32 Å². The van der Waals surface area contributed by atoms with E-state index in [1.54, 1.807) is 0 Å². The van der Waals surface area contributed by atoms with Crippen molar-refractivity contribution >= 4 is 28.3 Å². The van der Waals surface area contributed by atoms with Crippen molar-refractivity contribution in [1.82, 2.24) is 9.88 Å². The minimum absolute atomic E-state index is 0.502. The summed E-state index contributed by atoms with van der Waals surface area (Å²) < 4.78 is 0. The van der Waals surface area contributed by atoms with Gasteiger partial charge in [-0.25, -0.2) is 4.98 Å². The summed E-state index contributed by atoms with van der Waals surface area (Å²) in [4.78, 5) is 7.24. The number of nitrogens with one attached hydrogen (secondary N) is 1. The molecule has 3 nitrogen and oxygen atoms in total. The molecule has 1 unspecified atom stereocenters. The Morgan fingerprint density at radius 3 is 3.10 bits per heavy atom. The fourth-order valence-corrected chi connectivity index (χ4v) is 3.26. The van der Waals surface area contributed by atoms with E-state index >= 15 is 0 Å². The van der Waals surface area contributed by atoms with E-state index in [4.69, 9.17) is 16.6 Å². The lowest BCUT2D eigenvalue weighted by Gasteiger charge is -2.33. The molecule has 2 heterocycles. The molecule has 2 aromatic rings. The second kappa shape index (κ2) is 6.63. The number of likely N-dealkylation sites (tertiary alicyclic amines) is 1. The predicted molar refractivity (Wildman–Crippen MR) is 90.1 cm³/mol. The van der Waals surface area contributed by atoms with Gasteiger partial charge >= 0.3 is 0 Å². The van der Waals surface area contributed by atoms with Gasteiger partial charge in [0, 0.05) is 23.0 Å². The van der Waals surface area contributed by atoms with Crippen LogP contribution in [0.15, 0.2) is 30.3 Å². The molecule has 0 radical (unpaired) electrons. The van der Waals surface area contributed by atoms with Crippen molar-refractivity contribution in [1.29, 1.82) is 0 Å². The summed E-state index contributed by atoms with van der Waals surface area (Å²) >= 11 is 6.01. The van der Waals surface area contributed by atoms with Crippen molar-refractivity contribution in [2.24, 2.45) is 0 Å². The third kappa shape index (κ3) is 3.66. The first-order chi connectivity index (χ1) is 10.2. The SMILES string of the molecule is CCCN1CCCC(Nc2ccc3cc(Cl)ccc3n2)C1. The van der Waals surface area contributed by atoms with E-state index in [9.17, 15) is 0 Å². The summed E-state index contributed by atoms with van der Waals surface area (Å²) in [6.45, 7) is 5.79. The number of anilines is 1. The number of hydrogen-bond donors (Lipinski definition) is 1. The number of halogens is 1. The average molecular weight is 304 g/mol. The van der Waals surface area contributed by atoms with Crippen molar-refractivity contribution in [2.45, 2.75) is 32.2 Å². The Morgan fingerprint density at radius 2 is 2.24 bits per heavy atom. The van der Waals surface area contributed by atoms with Crippen molar-refractivity contribution in [2.75, 3.05) is 25.0 Å². The summed E-state index contributed by atoms with van der Waals surface area (Å²) in [7, 11) is 0. The highest BCUT2D eigenvalue weighted by Gasteiger charge is 2.19. The number of fused-ring (bicyclic) bond motifs is 1. The molecule has 0 bridgehead atoms. The Hall–Kier alpha value is -1.32. The fraction of sp³-hybridized carbons (Fsp3) is 0.471. The fourth-order valence-electron chi connectivity index (χ4n) is 3.08. The zero-order chi connectivity index (χ0) is 14.7. The van der Waals surface area contributed by atoms with Gasteiger partial charge in [0.05, 0.1) is 5.52 Å². The normalized spacial score (nSPS) is 19.8. The van der Waals surface area contributed by atoms with Crippen LogP contribution in [0.3, 0.4) is 0 Å². The highest BCUT2D eigenvalue weighted by Crippen LogP contribution is 2.21. The lowest BCUT2D eigenvalue weighted by molar-refractivity contribution is 0.216. The second-order valence-corrected chi connectivity index (χ2v) is 6.25. The molecule has 1 aromatic heterocycles. The molecule has 21 heavy (non-hydrogen) atoms. The van der Waals surface area contributed by atoms with E-state index < -0.39 is 0 Å². The third-order valence-electron chi connectivity index (χ3n) is 4.05. The zero-order valence-electron chi connectivity index (χ0n) is 12.5. The number of hydrogen-bond acceptors (Lipinski definition) is 3. The van der Waals surface area contributed by atoms with Gasteiger partial charge in [-0.3, -0.25) is 0 Å². The molecule has 1 fully saturated rings. The van der Waals surface area contributed by atoms with Crippen LogP contribution in [0.25, 0.3) is 10.9 Å². The minimum Gasteiger partial charge on any atom is -0.366 e. The van der Waals surface area contributed by atoms with Gasteiger partial charge in [-0.15, -0.1) is 0 Å². The third-order valence-corrected chi connectivity index (χ3v) is 4.28. The van der Waals surface area contributed by atoms with Gasteiger partial charge in [0.1, 0.15) is 5.82 Å². The van der Waals surface area contributed by atoms with E-state index in [2.05, 4.69) is 29.3 Å². The molecule has 1 aliphatic heterocycles. The number of rotatable bonds is 4. The summed E-state index contributed by atoms with van der Waals surface area (Å²) in [5, 5.41) is 5.43. The van der Waals surface area contributed by atoms with E-state index in [1.165, 1.54) is 32.4 Å². The van der Waals surface area contributed by atoms with E-state index in [-0.39, 0.29) is 0 Å². The number of aromatic nitrogens is 1. The van der Waals surface area contributed by atoms with Crippen LogP contribution in [0.2, 0.25) is 5.02 Å². The van der Waals surface area contributed by atoms with Crippen molar-refractivity contribution in [3.05, 3.63) is 35.4 Å². The lowest BCUT2D eigenvalue weighted by Crippen LogP contribution is -2.42. The van der Waals surface area contributed by atoms with Gasteiger partial charge in [0.2, 0.25) is 0 Å². The molecule has 0 amide bonds. The highest BCUT2D eigenvalue weighted by atomic mass is 35.5. The lowest BCUT2D eigenvalue weighted by atomic mass is 10.1. The topological polar surface area (TPSA) is 28.2 Å². The Labute approximate surface area is 131 Å². The van der Waals surface area contributed by atoms with E-state index in [0.29, 0.717) is 6.04 Å². The molecule has 0 spiro atoms. The Bertz CT molecular complexity index is 612. The number of benzene rings is 1. The van der Waals surface area contributed by atoms with Crippen LogP contribution in [0.4, 0.5) is 5.82 Å². The van der Waals surface area contributed by atoms with Gasteiger partial charge in [0.25, 0.3) is 0 Å². The minimum atomic E-state index is 0.502. The number of nitrogens with zero attached hydrogens (tertiary/aromatic N) is 2. The van der Waals surface area contributed by atoms with Gasteiger partial charge in [-0.05, 0) is 62.7 Å². The van der Waals surface area contributed by atoms with Crippen LogP contribution in [0.1, 0.15) is 26.2 Å². The Morgan fingerprint density at radius 1 is 1.33 bits per heavy atom. The standard InChI is InChI=1S/C17H22ClN3/c1-2-9-21-10-3-4-15(12-21)19-17-8-5-13-11-14(18)6-7-16(13)20-17/h5-8,11,15H,2-4,9-10,12H2,1H3,(H,19,20). The molecular weight excluding hydrogens is 282 g/mol. The highest BCUT2D eigenvalue weighted by molar-refractivity contribution is 6.31. The number of pyridine rings is 1. The summed E-state index contributed by atoms with van der Waals surface area (Å²) in [5.74, 6) is 0.966. The van der Waals surface area contributed by atoms with Crippen LogP contribution in [0.5, 0.6) is 0 Å². The maximum atomic E-state index is 6.01. The first kappa shape index (κ1) is 14.6. The molecule has 0 aliphatic carbocycles. The molecule has 1 saturated heterocycles. The maximum Gasteiger partial charge on any atom is 0.126 e. The van der Waals surface area contributed by atoms with Gasteiger partial charge < -0.3 is 10.2 Å². The van der Waals surface area contributed by atoms with Crippen LogP contribution >= 0.6 is 11.6 Å². The van der Waals surface area contributed by atoms with Gasteiger partial charge in [0.15, 0.2) is 0 Å². The van der Waals surface area contributed by atoms with Crippen LogP contribution in [-0.4, -0.2) is 35.6 Å². The molecule has 0 saturated carbocycles. The molecule has 1 N–H and O–H groups in total. The van der Waals surface area contributed by atoms with E-state index in [0.717, 1.165) is 28.3 Å². The zero-order valence-corrected chi connectivity index (χ0v) is 13.2. The van der Waals surface area contributed by atoms with Gasteiger partial charge in [-0.2, -0.15) is 0 Å². The smallest absolute Gasteiger partial charge is 0.126 e. The molecule has 3 rings (SSSR count). The molecule has 1 aliphatic rings. The summed E-state index contributed by atoms with van der Waals surface area (Å²) in [5.41, 5.74) is 0.991. The van der Waals surface area contributed by atoms with E-state index in [1.807, 2.05) is 18.2 Å². The summed E-state index contributed by atoms with van der Waals surface area (Å²) in [6, 6.07) is 10.5. The second-order valence-electron chi connectivity index (χ2n) is 5.82. The van der Waals surface area contributed by atoms with Crippen molar-refractivity contribution in [3.8, 4) is 0 Å². The Balaban J connectivity index is 1.71. The van der Waals surface area contributed by atoms with Crippen LogP contribution in [-0.2, 0) is 0 Å². The van der Waals surface area contributed by atoms with Crippen molar-refractivity contribution < 1.29 is 0 Å². The molecular formula is C17H22ClN3. The molecule has 112 valence electrons. The molecule has 4 heteroatoms. The predicted octanol–water partition coefficient (Wildman–Crippen LogP) is 4.17. The molecule has 1 atom stereocenters. The maximum absolute atomic E-state index is 6.01. The van der Waals surface area contributed by atoms with Gasteiger partial charge in [-0.1, -0.05) is 18.5 Å². The monoisotopic (exact) mass is 303 g/mol. The average Bonchev–Trinajstić information content (AvgIpc) is 2.48. The first-order valence-corrected chi connectivity index (χ1v) is 8.17. The summed E-state index contributed by atoms with van der Waals surface area (Å²) in [6.07, 6.45) is 3.71. The number of piperidine rings is 1. The Kier molecular flexibility index (Phi) is 4.61. The molecule has 1 aromatic carbocycles. The largest absolute Gasteiger partial charge is 0.366 e. The van der Waals surface area contributed by atoms with Crippen molar-refractivity contribution in [3.63, 3.8) is 0 Å². The quantitative estimate of drug-likeness (QED) is 0.918. The van der Waals surface area contributed by atoms with Crippen LogP contribution in [0, 0.1) is 0 Å². The first-order valence-electron chi connectivity index (χ1n) is 7.80.